The van der Waals surface area contributed by atoms with Crippen molar-refractivity contribution in [3.05, 3.63) is 42.7 Å². The Labute approximate surface area is 154 Å². The van der Waals surface area contributed by atoms with Crippen molar-refractivity contribution in [1.82, 2.24) is 25.1 Å². The third-order valence-corrected chi connectivity index (χ3v) is 5.63. The number of likely N-dealkylation sites (tertiary alicyclic amines) is 1. The summed E-state index contributed by atoms with van der Waals surface area (Å²) >= 11 is 0. The Morgan fingerprint density at radius 2 is 1.74 bits per heavy atom. The zero-order valence-electron chi connectivity index (χ0n) is 14.2. The van der Waals surface area contributed by atoms with Crippen molar-refractivity contribution in [1.29, 1.82) is 0 Å². The van der Waals surface area contributed by atoms with Gasteiger partial charge in [0.05, 0.1) is 17.5 Å². The van der Waals surface area contributed by atoms with Crippen LogP contribution >= 0.6 is 0 Å². The van der Waals surface area contributed by atoms with Gasteiger partial charge in [0, 0.05) is 5.69 Å². The summed E-state index contributed by atoms with van der Waals surface area (Å²) in [6.45, 7) is -0.251. The summed E-state index contributed by atoms with van der Waals surface area (Å²) in [5.74, 6) is -1.11. The van der Waals surface area contributed by atoms with Crippen LogP contribution in [0.3, 0.4) is 0 Å². The van der Waals surface area contributed by atoms with E-state index in [1.807, 2.05) is 12.2 Å². The fourth-order valence-electron chi connectivity index (χ4n) is 4.44. The highest BCUT2D eigenvalue weighted by atomic mass is 16.2. The predicted molar refractivity (Wildman–Crippen MR) is 92.2 cm³/mol. The second-order valence-electron chi connectivity index (χ2n) is 7.11. The Morgan fingerprint density at radius 1 is 1.07 bits per heavy atom. The van der Waals surface area contributed by atoms with Gasteiger partial charge >= 0.3 is 0 Å². The van der Waals surface area contributed by atoms with Gasteiger partial charge in [-0.1, -0.05) is 12.2 Å². The van der Waals surface area contributed by atoms with Gasteiger partial charge in [0.1, 0.15) is 12.9 Å². The minimum atomic E-state index is -0.396. The molecule has 9 heteroatoms. The van der Waals surface area contributed by atoms with E-state index < -0.39 is 5.91 Å². The van der Waals surface area contributed by atoms with Crippen LogP contribution in [0.1, 0.15) is 6.42 Å². The summed E-state index contributed by atoms with van der Waals surface area (Å²) in [5.41, 5.74) is 1.32. The molecule has 0 radical (unpaired) electrons. The standard InChI is InChI=1S/C18H16N6O3/c25-14(20-12-3-5-13(6-4-12)24-9-19-21-22-24)8-23-17(26)15-10-1-2-11(7-10)16(15)18(23)27/h1-6,9-11,15-16H,7-8H2,(H,20,25)/t10-,11-,15-,16+/m0/s1. The third-order valence-electron chi connectivity index (χ3n) is 5.63. The van der Waals surface area contributed by atoms with E-state index in [0.717, 1.165) is 17.0 Å². The van der Waals surface area contributed by atoms with Crippen molar-refractivity contribution in [2.45, 2.75) is 6.42 Å². The Hall–Kier alpha value is -3.36. The fraction of sp³-hybridized carbons (Fsp3) is 0.333. The second kappa shape index (κ2) is 5.83. The number of allylic oxidation sites excluding steroid dienone is 2. The van der Waals surface area contributed by atoms with Crippen LogP contribution in [0.5, 0.6) is 0 Å². The van der Waals surface area contributed by atoms with E-state index in [4.69, 9.17) is 0 Å². The average molecular weight is 364 g/mol. The van der Waals surface area contributed by atoms with Crippen molar-refractivity contribution in [2.24, 2.45) is 23.7 Å². The van der Waals surface area contributed by atoms with E-state index in [9.17, 15) is 14.4 Å². The maximum Gasteiger partial charge on any atom is 0.244 e. The second-order valence-corrected chi connectivity index (χ2v) is 7.11. The molecule has 2 bridgehead atoms. The molecule has 1 aliphatic heterocycles. The van der Waals surface area contributed by atoms with E-state index in [0.29, 0.717) is 5.69 Å². The van der Waals surface area contributed by atoms with Crippen LogP contribution in [0.25, 0.3) is 5.69 Å². The van der Waals surface area contributed by atoms with Crippen LogP contribution in [0.15, 0.2) is 42.7 Å². The largest absolute Gasteiger partial charge is 0.325 e. The van der Waals surface area contributed by atoms with Gasteiger partial charge in [0.2, 0.25) is 17.7 Å². The molecule has 2 aliphatic carbocycles. The first-order valence-electron chi connectivity index (χ1n) is 8.78. The maximum atomic E-state index is 12.6. The van der Waals surface area contributed by atoms with Gasteiger partial charge < -0.3 is 5.32 Å². The number of imide groups is 1. The summed E-state index contributed by atoms with van der Waals surface area (Å²) in [6, 6.07) is 6.93. The summed E-state index contributed by atoms with van der Waals surface area (Å²) in [5, 5.41) is 13.7. The number of benzene rings is 1. The first-order valence-corrected chi connectivity index (χ1v) is 8.78. The number of nitrogens with one attached hydrogen (secondary N) is 1. The van der Waals surface area contributed by atoms with Gasteiger partial charge in [-0.05, 0) is 52.9 Å². The predicted octanol–water partition coefficient (Wildman–Crippen LogP) is 0.408. The van der Waals surface area contributed by atoms with Crippen LogP contribution < -0.4 is 5.32 Å². The quantitative estimate of drug-likeness (QED) is 0.621. The van der Waals surface area contributed by atoms with E-state index in [1.54, 1.807) is 24.3 Å². The lowest BCUT2D eigenvalue weighted by atomic mass is 9.85. The topological polar surface area (TPSA) is 110 Å². The van der Waals surface area contributed by atoms with Gasteiger partial charge in [-0.3, -0.25) is 19.3 Å². The molecule has 136 valence electrons. The molecule has 27 heavy (non-hydrogen) atoms. The van der Waals surface area contributed by atoms with Crippen molar-refractivity contribution in [2.75, 3.05) is 11.9 Å². The molecular weight excluding hydrogens is 348 g/mol. The molecule has 5 rings (SSSR count). The Bertz CT molecular complexity index is 922. The monoisotopic (exact) mass is 364 g/mol. The number of hydrogen-bond acceptors (Lipinski definition) is 6. The number of fused-ring (bicyclic) bond motifs is 5. The van der Waals surface area contributed by atoms with Crippen LogP contribution in [0, 0.1) is 23.7 Å². The Kier molecular flexibility index (Phi) is 3.43. The SMILES string of the molecule is O=C(CN1C(=O)[C@@H]2[C@H](C1=O)[C@H]1C=C[C@H]2C1)Nc1ccc(-n2cnnn2)cc1. The zero-order valence-corrected chi connectivity index (χ0v) is 14.2. The van der Waals surface area contributed by atoms with Gasteiger partial charge in [0.25, 0.3) is 0 Å². The Balaban J connectivity index is 1.25. The smallest absolute Gasteiger partial charge is 0.244 e. The van der Waals surface area contributed by atoms with E-state index in [1.165, 1.54) is 11.0 Å². The number of carbonyl (C=O) groups is 3. The first-order chi connectivity index (χ1) is 13.1. The molecule has 1 aromatic heterocycles. The number of nitrogens with zero attached hydrogens (tertiary/aromatic N) is 5. The molecule has 1 aromatic carbocycles. The lowest BCUT2D eigenvalue weighted by Crippen LogP contribution is -2.39. The number of anilines is 1. The average Bonchev–Trinajstić information content (AvgIpc) is 3.44. The molecule has 9 nitrogen and oxygen atoms in total. The van der Waals surface area contributed by atoms with Gasteiger partial charge in [-0.15, -0.1) is 5.10 Å². The van der Waals surface area contributed by atoms with Crippen LogP contribution in [-0.2, 0) is 14.4 Å². The van der Waals surface area contributed by atoms with E-state index in [2.05, 4.69) is 20.8 Å². The fourth-order valence-corrected chi connectivity index (χ4v) is 4.44. The van der Waals surface area contributed by atoms with E-state index >= 15 is 0 Å². The number of aromatic nitrogens is 4. The van der Waals surface area contributed by atoms with Gasteiger partial charge in [-0.25, -0.2) is 4.68 Å². The summed E-state index contributed by atoms with van der Waals surface area (Å²) in [7, 11) is 0. The molecule has 3 aliphatic rings. The first kappa shape index (κ1) is 15.9. The van der Waals surface area contributed by atoms with Crippen LogP contribution in [-0.4, -0.2) is 49.4 Å². The van der Waals surface area contributed by atoms with Gasteiger partial charge in [-0.2, -0.15) is 0 Å². The van der Waals surface area contributed by atoms with Crippen molar-refractivity contribution >= 4 is 23.4 Å². The highest BCUT2D eigenvalue weighted by Gasteiger charge is 2.59. The molecule has 2 fully saturated rings. The molecule has 1 saturated heterocycles. The molecular formula is C18H16N6O3. The maximum absolute atomic E-state index is 12.6. The van der Waals surface area contributed by atoms with E-state index in [-0.39, 0.29) is 42.0 Å². The zero-order chi connectivity index (χ0) is 18.5. The number of amides is 3. The minimum absolute atomic E-state index is 0.142. The van der Waals surface area contributed by atoms with Crippen molar-refractivity contribution < 1.29 is 14.4 Å². The van der Waals surface area contributed by atoms with Crippen LogP contribution in [0.4, 0.5) is 5.69 Å². The molecule has 2 heterocycles. The molecule has 3 amide bonds. The lowest BCUT2D eigenvalue weighted by molar-refractivity contribution is -0.143. The highest BCUT2D eigenvalue weighted by molar-refractivity contribution is 6.09. The molecule has 1 saturated carbocycles. The number of tetrazole rings is 1. The summed E-state index contributed by atoms with van der Waals surface area (Å²) in [4.78, 5) is 38.7. The third kappa shape index (κ3) is 2.46. The Morgan fingerprint density at radius 3 is 2.33 bits per heavy atom. The molecule has 1 N–H and O–H groups in total. The summed E-state index contributed by atoms with van der Waals surface area (Å²) < 4.78 is 1.49. The molecule has 0 unspecified atom stereocenters. The highest BCUT2D eigenvalue weighted by Crippen LogP contribution is 2.52. The number of carbonyl (C=O) groups excluding carboxylic acids is 3. The van der Waals surface area contributed by atoms with Crippen molar-refractivity contribution in [3.63, 3.8) is 0 Å². The van der Waals surface area contributed by atoms with Crippen LogP contribution in [0.2, 0.25) is 0 Å². The number of hydrogen-bond donors (Lipinski definition) is 1. The molecule has 4 atom stereocenters. The summed E-state index contributed by atoms with van der Waals surface area (Å²) in [6.07, 6.45) is 6.41. The minimum Gasteiger partial charge on any atom is -0.325 e. The lowest BCUT2D eigenvalue weighted by Gasteiger charge is -2.16. The van der Waals surface area contributed by atoms with Gasteiger partial charge in [0.15, 0.2) is 0 Å². The molecule has 2 aromatic rings. The normalized spacial score (nSPS) is 28.1. The van der Waals surface area contributed by atoms with Crippen molar-refractivity contribution in [3.8, 4) is 5.69 Å². The number of rotatable bonds is 4. The molecule has 0 spiro atoms.